The van der Waals surface area contributed by atoms with Crippen molar-refractivity contribution in [2.24, 2.45) is 5.16 Å². The Morgan fingerprint density at radius 1 is 1.00 bits per heavy atom. The third-order valence-electron chi connectivity index (χ3n) is 0.782. The summed E-state index contributed by atoms with van der Waals surface area (Å²) in [5, 5.41) is 10.1. The van der Waals surface area contributed by atoms with Crippen LogP contribution >= 0.6 is 0 Å². The van der Waals surface area contributed by atoms with E-state index in [9.17, 15) is 0 Å². The second-order valence-corrected chi connectivity index (χ2v) is 1.53. The van der Waals surface area contributed by atoms with Gasteiger partial charge in [-0.3, -0.25) is 0 Å². The van der Waals surface area contributed by atoms with E-state index in [1.807, 2.05) is 36.4 Å². The van der Waals surface area contributed by atoms with Gasteiger partial charge in [0.1, 0.15) is 0 Å². The zero-order chi connectivity index (χ0) is 7.66. The molecule has 0 bridgehead atoms. The van der Waals surface area contributed by atoms with Crippen LogP contribution in [0.2, 0.25) is 0 Å². The molecule has 54 valence electrons. The molecule has 0 aliphatic heterocycles. The molecular formula is C8H11NO. The fourth-order valence-corrected chi connectivity index (χ4v) is 0.385. The van der Waals surface area contributed by atoms with E-state index in [2.05, 4.69) is 5.16 Å². The van der Waals surface area contributed by atoms with Gasteiger partial charge >= 0.3 is 0 Å². The molecule has 0 fully saturated rings. The zero-order valence-electron chi connectivity index (χ0n) is 5.94. The van der Waals surface area contributed by atoms with E-state index in [1.165, 1.54) is 6.21 Å². The van der Waals surface area contributed by atoms with E-state index in [4.69, 9.17) is 5.21 Å². The van der Waals surface area contributed by atoms with Crippen LogP contribution in [-0.2, 0) is 0 Å². The Morgan fingerprint density at radius 2 is 1.20 bits per heavy atom. The lowest BCUT2D eigenvalue weighted by Crippen LogP contribution is -1.49. The first kappa shape index (κ1) is 8.69. The highest BCUT2D eigenvalue weighted by Crippen LogP contribution is 1.79. The van der Waals surface area contributed by atoms with Crippen molar-refractivity contribution < 1.29 is 5.21 Å². The third-order valence-corrected chi connectivity index (χ3v) is 0.782. The van der Waals surface area contributed by atoms with E-state index >= 15 is 0 Å². The maximum atomic E-state index is 7.44. The first-order chi connectivity index (χ1) is 4.91. The quantitative estimate of drug-likeness (QED) is 0.331. The summed E-state index contributed by atoms with van der Waals surface area (Å²) in [6.07, 6.45) is 1.31. The average Bonchev–Trinajstić information content (AvgIpc) is 2.08. The van der Waals surface area contributed by atoms with Gasteiger partial charge in [-0.1, -0.05) is 36.4 Å². The first-order valence-corrected chi connectivity index (χ1v) is 3.04. The lowest BCUT2D eigenvalue weighted by molar-refractivity contribution is 0.321. The van der Waals surface area contributed by atoms with Gasteiger partial charge < -0.3 is 5.21 Å². The van der Waals surface area contributed by atoms with Crippen molar-refractivity contribution in [3.05, 3.63) is 36.4 Å². The van der Waals surface area contributed by atoms with Crippen molar-refractivity contribution >= 4 is 6.21 Å². The normalized spacial score (nSPS) is 8.50. The molecule has 2 nitrogen and oxygen atoms in total. The second kappa shape index (κ2) is 7.69. The third kappa shape index (κ3) is 6.69. The highest BCUT2D eigenvalue weighted by atomic mass is 16.4. The molecule has 0 unspecified atom stereocenters. The van der Waals surface area contributed by atoms with Crippen LogP contribution in [0.4, 0.5) is 0 Å². The van der Waals surface area contributed by atoms with Gasteiger partial charge in [0.25, 0.3) is 0 Å². The summed E-state index contributed by atoms with van der Waals surface area (Å²) >= 11 is 0. The van der Waals surface area contributed by atoms with E-state index in [-0.39, 0.29) is 0 Å². The highest BCUT2D eigenvalue weighted by Gasteiger charge is 1.57. The molecule has 0 heterocycles. The SMILES string of the molecule is CC=NO.c1ccccc1. The van der Waals surface area contributed by atoms with Crippen molar-refractivity contribution in [3.63, 3.8) is 0 Å². The van der Waals surface area contributed by atoms with Crippen LogP contribution in [0.1, 0.15) is 6.92 Å². The fourth-order valence-electron chi connectivity index (χ4n) is 0.385. The number of oxime groups is 1. The minimum Gasteiger partial charge on any atom is -0.411 e. The topological polar surface area (TPSA) is 32.6 Å². The van der Waals surface area contributed by atoms with Crippen molar-refractivity contribution in [2.75, 3.05) is 0 Å². The van der Waals surface area contributed by atoms with Gasteiger partial charge in [0.15, 0.2) is 0 Å². The van der Waals surface area contributed by atoms with E-state index < -0.39 is 0 Å². The van der Waals surface area contributed by atoms with Crippen LogP contribution in [0, 0.1) is 0 Å². The van der Waals surface area contributed by atoms with Gasteiger partial charge in [-0.25, -0.2) is 0 Å². The molecule has 0 saturated carbocycles. The minimum absolute atomic E-state index is 1.31. The van der Waals surface area contributed by atoms with Crippen molar-refractivity contribution in [1.29, 1.82) is 0 Å². The monoisotopic (exact) mass is 137 g/mol. The van der Waals surface area contributed by atoms with Crippen LogP contribution in [0.25, 0.3) is 0 Å². The number of hydrogen-bond acceptors (Lipinski definition) is 2. The average molecular weight is 137 g/mol. The first-order valence-electron chi connectivity index (χ1n) is 3.04. The summed E-state index contributed by atoms with van der Waals surface area (Å²) in [5.74, 6) is 0. The summed E-state index contributed by atoms with van der Waals surface area (Å²) < 4.78 is 0. The van der Waals surface area contributed by atoms with Gasteiger partial charge in [-0.05, 0) is 6.92 Å². The molecule has 1 rings (SSSR count). The standard InChI is InChI=1S/C6H6.C2H5NO/c1-2-4-6-5-3-1;1-2-3-4/h1-6H;2,4H,1H3. The zero-order valence-corrected chi connectivity index (χ0v) is 5.94. The molecule has 0 spiro atoms. The van der Waals surface area contributed by atoms with Crippen LogP contribution in [0.5, 0.6) is 0 Å². The molecule has 0 radical (unpaired) electrons. The highest BCUT2D eigenvalue weighted by molar-refractivity contribution is 5.51. The lowest BCUT2D eigenvalue weighted by atomic mass is 10.4. The van der Waals surface area contributed by atoms with E-state index in [1.54, 1.807) is 6.92 Å². The Kier molecular flexibility index (Phi) is 6.68. The van der Waals surface area contributed by atoms with Crippen LogP contribution < -0.4 is 0 Å². The Labute approximate surface area is 60.8 Å². The van der Waals surface area contributed by atoms with Gasteiger partial charge in [0, 0.05) is 6.21 Å². The van der Waals surface area contributed by atoms with Crippen molar-refractivity contribution in [1.82, 2.24) is 0 Å². The molecule has 0 amide bonds. The Hall–Kier alpha value is -1.31. The molecule has 0 aromatic heterocycles. The van der Waals surface area contributed by atoms with Gasteiger partial charge in [-0.2, -0.15) is 0 Å². The van der Waals surface area contributed by atoms with Crippen LogP contribution in [0.3, 0.4) is 0 Å². The van der Waals surface area contributed by atoms with Gasteiger partial charge in [-0.15, -0.1) is 5.16 Å². The van der Waals surface area contributed by atoms with Crippen molar-refractivity contribution in [2.45, 2.75) is 6.92 Å². The summed E-state index contributed by atoms with van der Waals surface area (Å²) in [4.78, 5) is 0. The number of benzene rings is 1. The largest absolute Gasteiger partial charge is 0.411 e. The number of hydrogen-bond donors (Lipinski definition) is 1. The maximum absolute atomic E-state index is 7.44. The Bertz CT molecular complexity index is 129. The molecule has 0 saturated heterocycles. The molecule has 0 aliphatic carbocycles. The lowest BCUT2D eigenvalue weighted by Gasteiger charge is -1.69. The Morgan fingerprint density at radius 3 is 1.30 bits per heavy atom. The van der Waals surface area contributed by atoms with E-state index in [0.717, 1.165) is 0 Å². The van der Waals surface area contributed by atoms with Gasteiger partial charge in [0.2, 0.25) is 0 Å². The smallest absolute Gasteiger partial charge is 0.0404 e. The van der Waals surface area contributed by atoms with Crippen LogP contribution in [-0.4, -0.2) is 11.4 Å². The predicted octanol–water partition coefficient (Wildman–Crippen LogP) is 2.15. The molecular weight excluding hydrogens is 126 g/mol. The molecule has 1 N–H and O–H groups in total. The molecule has 0 atom stereocenters. The van der Waals surface area contributed by atoms with Gasteiger partial charge in [0.05, 0.1) is 0 Å². The predicted molar refractivity (Wildman–Crippen MR) is 42.4 cm³/mol. The molecule has 2 heteroatoms. The summed E-state index contributed by atoms with van der Waals surface area (Å²) in [7, 11) is 0. The maximum Gasteiger partial charge on any atom is 0.0404 e. The summed E-state index contributed by atoms with van der Waals surface area (Å²) in [6.45, 7) is 1.64. The fraction of sp³-hybridized carbons (Fsp3) is 0.125. The van der Waals surface area contributed by atoms with Crippen LogP contribution in [0.15, 0.2) is 41.6 Å². The van der Waals surface area contributed by atoms with Crippen molar-refractivity contribution in [3.8, 4) is 0 Å². The molecule has 1 aromatic carbocycles. The molecule has 0 aliphatic rings. The van der Waals surface area contributed by atoms with E-state index in [0.29, 0.717) is 0 Å². The molecule has 1 aromatic rings. The number of rotatable bonds is 0. The summed E-state index contributed by atoms with van der Waals surface area (Å²) in [5.41, 5.74) is 0. The number of nitrogens with zero attached hydrogens (tertiary/aromatic N) is 1. The second-order valence-electron chi connectivity index (χ2n) is 1.53. The molecule has 10 heavy (non-hydrogen) atoms. The Balaban J connectivity index is 0.000000180. The minimum atomic E-state index is 1.31. The summed E-state index contributed by atoms with van der Waals surface area (Å²) in [6, 6.07) is 12.0.